The Bertz CT molecular complexity index is 807. The van der Waals surface area contributed by atoms with Crippen molar-refractivity contribution in [2.45, 2.75) is 43.7 Å². The monoisotopic (exact) mass is 387 g/mol. The number of benzene rings is 1. The highest BCUT2D eigenvalue weighted by Crippen LogP contribution is 2.35. The van der Waals surface area contributed by atoms with Crippen molar-refractivity contribution in [3.8, 4) is 11.5 Å². The van der Waals surface area contributed by atoms with Crippen LogP contribution in [0.4, 0.5) is 0 Å². The lowest BCUT2D eigenvalue weighted by molar-refractivity contribution is -0.135. The SMILES string of the molecule is COc1ccc2c(c1)O[C@@]1(CCC(=O)N(CC(=O)NC3CC3)CC1)CNC2=O. The Balaban J connectivity index is 1.50. The van der Waals surface area contributed by atoms with E-state index in [0.717, 1.165) is 12.8 Å². The van der Waals surface area contributed by atoms with E-state index in [-0.39, 0.29) is 36.7 Å². The molecule has 8 heteroatoms. The number of nitrogens with zero attached hydrogens (tertiary/aromatic N) is 1. The Kier molecular flexibility index (Phi) is 4.87. The molecule has 1 aromatic carbocycles. The molecule has 1 aromatic rings. The lowest BCUT2D eigenvalue weighted by Crippen LogP contribution is -2.46. The zero-order chi connectivity index (χ0) is 19.7. The van der Waals surface area contributed by atoms with Crippen molar-refractivity contribution >= 4 is 17.7 Å². The van der Waals surface area contributed by atoms with Crippen molar-refractivity contribution < 1.29 is 23.9 Å². The number of carbonyl (C=O) groups excluding carboxylic acids is 3. The van der Waals surface area contributed by atoms with Crippen molar-refractivity contribution in [1.29, 1.82) is 0 Å². The van der Waals surface area contributed by atoms with Gasteiger partial charge in [0.1, 0.15) is 17.1 Å². The molecule has 2 heterocycles. The maximum absolute atomic E-state index is 12.6. The molecule has 1 atom stereocenters. The fourth-order valence-electron chi connectivity index (χ4n) is 3.71. The van der Waals surface area contributed by atoms with Crippen LogP contribution < -0.4 is 20.1 Å². The Hall–Kier alpha value is -2.77. The first-order valence-corrected chi connectivity index (χ1v) is 9.70. The van der Waals surface area contributed by atoms with Gasteiger partial charge in [0.15, 0.2) is 0 Å². The van der Waals surface area contributed by atoms with Gasteiger partial charge in [-0.15, -0.1) is 0 Å². The molecule has 2 aliphatic heterocycles. The van der Waals surface area contributed by atoms with Gasteiger partial charge in [-0.05, 0) is 31.4 Å². The standard InChI is InChI=1S/C20H25N3O5/c1-27-14-4-5-15-16(10-14)28-20(12-21-19(15)26)7-6-18(25)23(9-8-20)11-17(24)22-13-2-3-13/h4-5,10,13H,2-3,6-9,11-12H2,1H3,(H,21,26)(H,22,24)/t20-/m1/s1. The van der Waals surface area contributed by atoms with E-state index < -0.39 is 5.60 Å². The number of rotatable bonds is 4. The molecule has 2 N–H and O–H groups in total. The largest absolute Gasteiger partial charge is 0.497 e. The second kappa shape index (κ2) is 7.33. The number of fused-ring (bicyclic) bond motifs is 1. The van der Waals surface area contributed by atoms with Crippen LogP contribution in [0.1, 0.15) is 42.5 Å². The van der Waals surface area contributed by atoms with Crippen LogP contribution in [0.15, 0.2) is 18.2 Å². The predicted octanol–water partition coefficient (Wildman–Crippen LogP) is 0.847. The number of carbonyl (C=O) groups is 3. The molecular weight excluding hydrogens is 362 g/mol. The average Bonchev–Trinajstić information content (AvgIpc) is 3.52. The number of likely N-dealkylation sites (tertiary alicyclic amines) is 1. The summed E-state index contributed by atoms with van der Waals surface area (Å²) in [5, 5.41) is 5.84. The zero-order valence-corrected chi connectivity index (χ0v) is 16.0. The van der Waals surface area contributed by atoms with Crippen molar-refractivity contribution in [3.05, 3.63) is 23.8 Å². The van der Waals surface area contributed by atoms with E-state index in [1.165, 1.54) is 0 Å². The third-order valence-electron chi connectivity index (χ3n) is 5.59. The summed E-state index contributed by atoms with van der Waals surface area (Å²) >= 11 is 0. The summed E-state index contributed by atoms with van der Waals surface area (Å²) in [5.41, 5.74) is -0.237. The Morgan fingerprint density at radius 1 is 1.36 bits per heavy atom. The minimum atomic E-state index is -0.690. The van der Waals surface area contributed by atoms with Gasteiger partial charge in [0.05, 0.1) is 25.8 Å². The molecule has 1 saturated carbocycles. The van der Waals surface area contributed by atoms with Gasteiger partial charge in [-0.25, -0.2) is 0 Å². The highest BCUT2D eigenvalue weighted by atomic mass is 16.5. The van der Waals surface area contributed by atoms with Gasteiger partial charge >= 0.3 is 0 Å². The number of ether oxygens (including phenoxy) is 2. The summed E-state index contributed by atoms with van der Waals surface area (Å²) in [6, 6.07) is 5.37. The van der Waals surface area contributed by atoms with Crippen LogP contribution in [0.5, 0.6) is 11.5 Å². The van der Waals surface area contributed by atoms with Crippen LogP contribution >= 0.6 is 0 Å². The predicted molar refractivity (Wildman–Crippen MR) is 100 cm³/mol. The maximum atomic E-state index is 12.6. The first kappa shape index (κ1) is 18.6. The van der Waals surface area contributed by atoms with Gasteiger partial charge in [-0.3, -0.25) is 14.4 Å². The third-order valence-corrected chi connectivity index (χ3v) is 5.59. The fourth-order valence-corrected chi connectivity index (χ4v) is 3.71. The van der Waals surface area contributed by atoms with Gasteiger partial charge in [0.2, 0.25) is 11.8 Å². The highest BCUT2D eigenvalue weighted by Gasteiger charge is 2.41. The molecule has 1 saturated heterocycles. The summed E-state index contributed by atoms with van der Waals surface area (Å²) in [5.74, 6) is 0.684. The Morgan fingerprint density at radius 2 is 2.18 bits per heavy atom. The molecule has 28 heavy (non-hydrogen) atoms. The van der Waals surface area contributed by atoms with E-state index in [2.05, 4.69) is 10.6 Å². The summed E-state index contributed by atoms with van der Waals surface area (Å²) in [6.07, 6.45) is 3.31. The molecule has 150 valence electrons. The number of methoxy groups -OCH3 is 1. The Labute approximate surface area is 163 Å². The van der Waals surface area contributed by atoms with Crippen molar-refractivity contribution in [2.75, 3.05) is 26.7 Å². The lowest BCUT2D eigenvalue weighted by Gasteiger charge is -2.32. The molecule has 0 bridgehead atoms. The van der Waals surface area contributed by atoms with E-state index in [1.54, 1.807) is 30.2 Å². The quantitative estimate of drug-likeness (QED) is 0.798. The van der Waals surface area contributed by atoms with Crippen LogP contribution in [0, 0.1) is 0 Å². The average molecular weight is 387 g/mol. The minimum Gasteiger partial charge on any atom is -0.497 e. The lowest BCUT2D eigenvalue weighted by atomic mass is 9.94. The third kappa shape index (κ3) is 3.90. The van der Waals surface area contributed by atoms with Crippen LogP contribution in [0.25, 0.3) is 0 Å². The Morgan fingerprint density at radius 3 is 2.93 bits per heavy atom. The van der Waals surface area contributed by atoms with Gasteiger partial charge in [0.25, 0.3) is 5.91 Å². The van der Waals surface area contributed by atoms with Gasteiger partial charge < -0.3 is 25.0 Å². The van der Waals surface area contributed by atoms with E-state index in [0.29, 0.717) is 43.0 Å². The molecule has 1 aliphatic carbocycles. The molecule has 1 spiro atoms. The van der Waals surface area contributed by atoms with Crippen LogP contribution in [0.2, 0.25) is 0 Å². The van der Waals surface area contributed by atoms with Crippen molar-refractivity contribution in [2.24, 2.45) is 0 Å². The molecule has 3 amide bonds. The van der Waals surface area contributed by atoms with E-state index >= 15 is 0 Å². The first-order valence-electron chi connectivity index (χ1n) is 9.70. The molecular formula is C20H25N3O5. The summed E-state index contributed by atoms with van der Waals surface area (Å²) in [6.45, 7) is 0.798. The smallest absolute Gasteiger partial charge is 0.255 e. The summed E-state index contributed by atoms with van der Waals surface area (Å²) in [4.78, 5) is 38.7. The van der Waals surface area contributed by atoms with Gasteiger partial charge in [-0.2, -0.15) is 0 Å². The van der Waals surface area contributed by atoms with Gasteiger partial charge in [0, 0.05) is 31.5 Å². The normalized spacial score (nSPS) is 24.5. The summed E-state index contributed by atoms with van der Waals surface area (Å²) in [7, 11) is 1.56. The molecule has 4 rings (SSSR count). The minimum absolute atomic E-state index is 0.0622. The number of hydrogen-bond donors (Lipinski definition) is 2. The molecule has 0 aromatic heterocycles. The van der Waals surface area contributed by atoms with E-state index in [4.69, 9.17) is 9.47 Å². The topological polar surface area (TPSA) is 97.0 Å². The van der Waals surface area contributed by atoms with Crippen molar-refractivity contribution in [3.63, 3.8) is 0 Å². The molecule has 8 nitrogen and oxygen atoms in total. The van der Waals surface area contributed by atoms with E-state index in [9.17, 15) is 14.4 Å². The molecule has 0 unspecified atom stereocenters. The van der Waals surface area contributed by atoms with Gasteiger partial charge in [-0.1, -0.05) is 0 Å². The number of nitrogens with one attached hydrogen (secondary N) is 2. The molecule has 3 aliphatic rings. The van der Waals surface area contributed by atoms with Crippen LogP contribution in [0.3, 0.4) is 0 Å². The molecule has 2 fully saturated rings. The first-order chi connectivity index (χ1) is 13.5. The summed E-state index contributed by atoms with van der Waals surface area (Å²) < 4.78 is 11.6. The fraction of sp³-hybridized carbons (Fsp3) is 0.550. The second-order valence-corrected chi connectivity index (χ2v) is 7.74. The molecule has 0 radical (unpaired) electrons. The van der Waals surface area contributed by atoms with Crippen molar-refractivity contribution in [1.82, 2.24) is 15.5 Å². The van der Waals surface area contributed by atoms with Crippen LogP contribution in [-0.4, -0.2) is 61.0 Å². The maximum Gasteiger partial charge on any atom is 0.255 e. The second-order valence-electron chi connectivity index (χ2n) is 7.74. The van der Waals surface area contributed by atoms with Crippen LogP contribution in [-0.2, 0) is 9.59 Å². The highest BCUT2D eigenvalue weighted by molar-refractivity contribution is 5.97. The number of amides is 3. The zero-order valence-electron chi connectivity index (χ0n) is 16.0. The van der Waals surface area contributed by atoms with E-state index in [1.807, 2.05) is 0 Å². The number of hydrogen-bond acceptors (Lipinski definition) is 5.